The Morgan fingerprint density at radius 1 is 0.820 bits per heavy atom. The van der Waals surface area contributed by atoms with Crippen LogP contribution in [-0.2, 0) is 49.7 Å². The number of likely N-dealkylation sites (tertiary alicyclic amines) is 3. The van der Waals surface area contributed by atoms with E-state index in [1.165, 1.54) is 16.0 Å². The van der Waals surface area contributed by atoms with Crippen molar-refractivity contribution in [2.75, 3.05) is 69.1 Å². The highest BCUT2D eigenvalue weighted by atomic mass is 16.4. The molecule has 15 heteroatoms. The molecule has 3 saturated heterocycles. The molecule has 7 heterocycles. The Kier molecular flexibility index (Phi) is 13.1. The first kappa shape index (κ1) is 42.1. The van der Waals surface area contributed by atoms with Crippen LogP contribution in [-0.4, -0.2) is 123 Å². The number of amides is 3. The van der Waals surface area contributed by atoms with E-state index in [-0.39, 0.29) is 42.5 Å². The summed E-state index contributed by atoms with van der Waals surface area (Å²) in [4.78, 5) is 79.9. The normalized spacial score (nSPS) is 21.3. The lowest BCUT2D eigenvalue weighted by Crippen LogP contribution is -2.48. The maximum absolute atomic E-state index is 13.3. The van der Waals surface area contributed by atoms with Gasteiger partial charge in [-0.15, -0.1) is 0 Å². The molecule has 0 aliphatic carbocycles. The fourth-order valence-electron chi connectivity index (χ4n) is 9.89. The first-order chi connectivity index (χ1) is 29.6. The second-order valence-electron chi connectivity index (χ2n) is 17.5. The molecule has 5 aliphatic rings. The molecule has 8 rings (SSSR count). The molecule has 3 amide bonds. The standard InChI is InChI=1S/C46H58N8O7/c55-39-27-34(17-24-52(39)29-40(56)57)45(59)51-22-15-30(16-23-51)26-37-12-8-33-5-3-21-54(43(33)50-37)38-13-9-31(10-14-38)41(46(60)61)53-25-18-35(28-53)44(58)48-20-2-6-36-11-7-32-4-1-19-47-42(32)49-36/h7-14,30,34-35,41H,1-6,15-29H2,(H,47,49)(H,48,58)(H,56,57)(H,60,61)/t34?,35-,41-/m1/s1. The van der Waals surface area contributed by atoms with Gasteiger partial charge in [-0.25, -0.2) is 9.97 Å². The van der Waals surface area contributed by atoms with Gasteiger partial charge >= 0.3 is 11.9 Å². The minimum Gasteiger partial charge on any atom is -0.480 e. The van der Waals surface area contributed by atoms with Crippen LogP contribution in [0.1, 0.15) is 85.5 Å². The van der Waals surface area contributed by atoms with Gasteiger partial charge in [0.15, 0.2) is 0 Å². The molecule has 1 unspecified atom stereocenters. The van der Waals surface area contributed by atoms with Crippen LogP contribution >= 0.6 is 0 Å². The molecule has 0 bridgehead atoms. The van der Waals surface area contributed by atoms with Crippen LogP contribution in [0.4, 0.5) is 17.3 Å². The average molecular weight is 835 g/mol. The number of pyridine rings is 2. The first-order valence-electron chi connectivity index (χ1n) is 22.2. The molecule has 1 aromatic carbocycles. The number of anilines is 3. The third kappa shape index (κ3) is 9.98. The van der Waals surface area contributed by atoms with Crippen molar-refractivity contribution >= 4 is 47.0 Å². The number of piperidine rings is 2. The molecule has 15 nitrogen and oxygen atoms in total. The highest BCUT2D eigenvalue weighted by Gasteiger charge is 2.37. The summed E-state index contributed by atoms with van der Waals surface area (Å²) >= 11 is 0. The molecule has 0 saturated carbocycles. The van der Waals surface area contributed by atoms with Gasteiger partial charge in [0.1, 0.15) is 24.2 Å². The summed E-state index contributed by atoms with van der Waals surface area (Å²) in [5.41, 5.74) is 6.10. The fraction of sp³-hybridized carbons (Fsp3) is 0.543. The van der Waals surface area contributed by atoms with Gasteiger partial charge in [0.25, 0.3) is 0 Å². The number of aryl methyl sites for hydroxylation is 3. The summed E-state index contributed by atoms with van der Waals surface area (Å²) < 4.78 is 0. The van der Waals surface area contributed by atoms with Crippen LogP contribution < -0.4 is 15.5 Å². The van der Waals surface area contributed by atoms with E-state index in [2.05, 4.69) is 39.8 Å². The molecular weight excluding hydrogens is 777 g/mol. The lowest BCUT2D eigenvalue weighted by atomic mass is 9.89. The summed E-state index contributed by atoms with van der Waals surface area (Å²) in [6.07, 6.45) is 9.31. The molecular formula is C46H58N8O7. The van der Waals surface area contributed by atoms with Crippen LogP contribution in [0, 0.1) is 17.8 Å². The second-order valence-corrected chi connectivity index (χ2v) is 17.5. The number of fused-ring (bicyclic) bond motifs is 2. The van der Waals surface area contributed by atoms with E-state index in [9.17, 15) is 29.1 Å². The van der Waals surface area contributed by atoms with Gasteiger partial charge in [-0.1, -0.05) is 24.3 Å². The summed E-state index contributed by atoms with van der Waals surface area (Å²) in [7, 11) is 0. The van der Waals surface area contributed by atoms with Gasteiger partial charge in [-0.2, -0.15) is 0 Å². The van der Waals surface area contributed by atoms with Gasteiger partial charge in [0.05, 0.1) is 5.92 Å². The van der Waals surface area contributed by atoms with Crippen LogP contribution in [0.25, 0.3) is 0 Å². The monoisotopic (exact) mass is 834 g/mol. The Hall–Kier alpha value is -5.57. The highest BCUT2D eigenvalue weighted by Crippen LogP contribution is 2.36. The summed E-state index contributed by atoms with van der Waals surface area (Å²) in [6, 6.07) is 15.4. The number of nitrogens with zero attached hydrogens (tertiary/aromatic N) is 6. The number of hydrogen-bond acceptors (Lipinski definition) is 10. The van der Waals surface area contributed by atoms with Crippen molar-refractivity contribution in [2.45, 2.75) is 83.1 Å². The van der Waals surface area contributed by atoms with Gasteiger partial charge in [-0.05, 0) is 118 Å². The van der Waals surface area contributed by atoms with Crippen molar-refractivity contribution in [3.8, 4) is 0 Å². The molecule has 2 aromatic heterocycles. The number of nitrogens with one attached hydrogen (secondary N) is 2. The minimum atomic E-state index is -1.04. The number of benzene rings is 1. The predicted octanol–water partition coefficient (Wildman–Crippen LogP) is 4.22. The Balaban J connectivity index is 0.824. The van der Waals surface area contributed by atoms with Crippen molar-refractivity contribution in [3.05, 3.63) is 76.6 Å². The quantitative estimate of drug-likeness (QED) is 0.170. The molecule has 5 aliphatic heterocycles. The van der Waals surface area contributed by atoms with Gasteiger partial charge in [0, 0.05) is 81.8 Å². The number of aromatic nitrogens is 2. The van der Waals surface area contributed by atoms with Crippen molar-refractivity contribution in [1.82, 2.24) is 30.0 Å². The van der Waals surface area contributed by atoms with E-state index >= 15 is 0 Å². The number of carbonyl (C=O) groups excluding carboxylic acids is 3. The van der Waals surface area contributed by atoms with Crippen LogP contribution in [0.3, 0.4) is 0 Å². The molecule has 3 fully saturated rings. The molecule has 4 N–H and O–H groups in total. The predicted molar refractivity (Wildman–Crippen MR) is 228 cm³/mol. The number of carbonyl (C=O) groups is 5. The molecule has 61 heavy (non-hydrogen) atoms. The minimum absolute atomic E-state index is 0.00324. The van der Waals surface area contributed by atoms with Crippen LogP contribution in [0.15, 0.2) is 48.5 Å². The maximum atomic E-state index is 13.3. The maximum Gasteiger partial charge on any atom is 0.325 e. The number of carboxylic acids is 2. The highest BCUT2D eigenvalue weighted by molar-refractivity contribution is 5.88. The lowest BCUT2D eigenvalue weighted by Gasteiger charge is -2.37. The number of aliphatic carboxylic acids is 2. The summed E-state index contributed by atoms with van der Waals surface area (Å²) in [5, 5.41) is 25.9. The SMILES string of the molecule is O=C(O)CN1CCC(C(=O)N2CCC(Cc3ccc4c(n3)N(c3ccc([C@H](C(=O)O)N5CC[C@@H](C(=O)NCCCc6ccc7c(n6)NCCC7)C5)cc3)CCC4)CC2)CC1=O. The number of carboxylic acid groups (broad SMARTS) is 2. The van der Waals surface area contributed by atoms with Gasteiger partial charge in [-0.3, -0.25) is 28.9 Å². The second kappa shape index (κ2) is 19.0. The van der Waals surface area contributed by atoms with Crippen molar-refractivity contribution in [2.24, 2.45) is 17.8 Å². The zero-order valence-corrected chi connectivity index (χ0v) is 34.9. The lowest BCUT2D eigenvalue weighted by molar-refractivity contribution is -0.150. The van der Waals surface area contributed by atoms with E-state index in [4.69, 9.17) is 15.1 Å². The Morgan fingerprint density at radius 3 is 2.34 bits per heavy atom. The number of rotatable bonds is 14. The third-order valence-electron chi connectivity index (χ3n) is 13.3. The van der Waals surface area contributed by atoms with E-state index in [0.717, 1.165) is 99.6 Å². The molecule has 3 aromatic rings. The third-order valence-corrected chi connectivity index (χ3v) is 13.3. The first-order valence-corrected chi connectivity index (χ1v) is 22.2. The number of hydrogen-bond donors (Lipinski definition) is 4. The van der Waals surface area contributed by atoms with Crippen molar-refractivity contribution in [3.63, 3.8) is 0 Å². The smallest absolute Gasteiger partial charge is 0.325 e. The fourth-order valence-corrected chi connectivity index (χ4v) is 9.89. The van der Waals surface area contributed by atoms with Crippen LogP contribution in [0.5, 0.6) is 0 Å². The van der Waals surface area contributed by atoms with E-state index in [0.29, 0.717) is 63.6 Å². The van der Waals surface area contributed by atoms with E-state index in [1.54, 1.807) is 0 Å². The Bertz CT molecular complexity index is 2110. The molecule has 3 atom stereocenters. The zero-order chi connectivity index (χ0) is 42.5. The summed E-state index contributed by atoms with van der Waals surface area (Å²) in [6.45, 7) is 4.45. The molecule has 324 valence electrons. The Morgan fingerprint density at radius 2 is 1.57 bits per heavy atom. The van der Waals surface area contributed by atoms with E-state index < -0.39 is 18.0 Å². The van der Waals surface area contributed by atoms with Gasteiger partial charge in [0.2, 0.25) is 17.7 Å². The van der Waals surface area contributed by atoms with Crippen LogP contribution in [0.2, 0.25) is 0 Å². The van der Waals surface area contributed by atoms with Crippen molar-refractivity contribution in [1.29, 1.82) is 0 Å². The van der Waals surface area contributed by atoms with E-state index in [1.807, 2.05) is 34.1 Å². The molecule has 0 radical (unpaired) electrons. The Labute approximate surface area is 356 Å². The summed E-state index contributed by atoms with van der Waals surface area (Å²) in [5.74, 6) is -0.645. The topological polar surface area (TPSA) is 189 Å². The van der Waals surface area contributed by atoms with Crippen molar-refractivity contribution < 1.29 is 34.2 Å². The van der Waals surface area contributed by atoms with Gasteiger partial charge < -0.3 is 35.5 Å². The molecule has 0 spiro atoms. The zero-order valence-electron chi connectivity index (χ0n) is 34.9. The largest absolute Gasteiger partial charge is 0.480 e. The average Bonchev–Trinajstić information content (AvgIpc) is 3.75.